The fraction of sp³-hybridized carbons (Fsp3) is 1.00. The van der Waals surface area contributed by atoms with E-state index in [0.29, 0.717) is 6.42 Å². The van der Waals surface area contributed by atoms with Crippen molar-refractivity contribution in [2.75, 3.05) is 6.61 Å². The van der Waals surface area contributed by atoms with Gasteiger partial charge in [0.05, 0.1) is 14.5 Å². The quantitative estimate of drug-likeness (QED) is 0.488. The molecule has 0 atom stereocenters. The Morgan fingerprint density at radius 1 is 1.33 bits per heavy atom. The van der Waals surface area contributed by atoms with E-state index >= 15 is 0 Å². The van der Waals surface area contributed by atoms with Crippen LogP contribution in [-0.2, 0) is 4.29 Å². The first-order valence-electron chi connectivity index (χ1n) is 2.11. The maximum atomic E-state index is 9.58. The van der Waals surface area contributed by atoms with Gasteiger partial charge in [0.1, 0.15) is 0 Å². The molecule has 5 nitrogen and oxygen atoms in total. The zero-order valence-corrected chi connectivity index (χ0v) is 5.89. The SMILES string of the molecule is CCCO[Cl+3]([O-])([O-])[O-].N. The lowest BCUT2D eigenvalue weighted by Gasteiger charge is -2.11. The van der Waals surface area contributed by atoms with E-state index in [0.717, 1.165) is 0 Å². The van der Waals surface area contributed by atoms with E-state index < -0.39 is 10.2 Å². The molecule has 0 aromatic rings. The molecule has 0 saturated heterocycles. The Labute approximate surface area is 55.6 Å². The Kier molecular flexibility index (Phi) is 6.47. The fourth-order valence-electron chi connectivity index (χ4n) is 0.172. The summed E-state index contributed by atoms with van der Waals surface area (Å²) in [5, 5.41) is 0. The summed E-state index contributed by atoms with van der Waals surface area (Å²) in [5.74, 6) is 0. The maximum absolute atomic E-state index is 9.58. The lowest BCUT2D eigenvalue weighted by atomic mass is 10.5. The van der Waals surface area contributed by atoms with Crippen molar-refractivity contribution in [3.05, 3.63) is 0 Å². The Hall–Kier alpha value is 0.0900. The molecule has 9 heavy (non-hydrogen) atoms. The van der Waals surface area contributed by atoms with Crippen LogP contribution in [0.15, 0.2) is 0 Å². The van der Waals surface area contributed by atoms with E-state index in [-0.39, 0.29) is 12.8 Å². The van der Waals surface area contributed by atoms with Crippen LogP contribution in [0.5, 0.6) is 0 Å². The van der Waals surface area contributed by atoms with E-state index in [1.807, 2.05) is 0 Å². The standard InChI is InChI=1S/C3H7ClO4.H3N/c1-2-3-8-4(5,6)7;/h2-3H2,1H3;1H3. The Bertz CT molecular complexity index is 63.3. The lowest BCUT2D eigenvalue weighted by Crippen LogP contribution is -2.61. The molecule has 0 aliphatic carbocycles. The molecule has 0 fully saturated rings. The summed E-state index contributed by atoms with van der Waals surface area (Å²) in [6, 6.07) is 0. The average Bonchev–Trinajstić information content (AvgIpc) is 1.59. The molecule has 58 valence electrons. The zero-order valence-electron chi connectivity index (χ0n) is 5.13. The first-order chi connectivity index (χ1) is 3.56. The van der Waals surface area contributed by atoms with Crippen LogP contribution in [0.3, 0.4) is 0 Å². The van der Waals surface area contributed by atoms with Crippen molar-refractivity contribution >= 4 is 0 Å². The smallest absolute Gasteiger partial charge is 0.203 e. The Morgan fingerprint density at radius 2 is 1.78 bits per heavy atom. The molecule has 0 saturated carbocycles. The normalized spacial score (nSPS) is 10.7. The number of hydrogen-bond acceptors (Lipinski definition) is 5. The van der Waals surface area contributed by atoms with Crippen molar-refractivity contribution in [2.45, 2.75) is 13.3 Å². The predicted octanol–water partition coefficient (Wildman–Crippen LogP) is -2.53. The third-order valence-electron chi connectivity index (χ3n) is 0.415. The zero-order chi connectivity index (χ0) is 6.62. The first-order valence-corrected chi connectivity index (χ1v) is 3.35. The van der Waals surface area contributed by atoms with Gasteiger partial charge >= 0.3 is 0 Å². The predicted molar refractivity (Wildman–Crippen MR) is 21.3 cm³/mol. The molecular weight excluding hydrogens is 149 g/mol. The van der Waals surface area contributed by atoms with Crippen molar-refractivity contribution in [3.63, 3.8) is 0 Å². The van der Waals surface area contributed by atoms with Gasteiger partial charge in [-0.25, -0.2) is 0 Å². The van der Waals surface area contributed by atoms with E-state index in [1.165, 1.54) is 0 Å². The van der Waals surface area contributed by atoms with Crippen LogP contribution in [0.25, 0.3) is 0 Å². The second-order valence-corrected chi connectivity index (χ2v) is 2.17. The molecule has 0 rings (SSSR count). The van der Waals surface area contributed by atoms with E-state index in [1.54, 1.807) is 6.92 Å². The molecule has 0 aromatic heterocycles. The summed E-state index contributed by atoms with van der Waals surface area (Å²) in [4.78, 5) is 0. The molecule has 0 aliphatic rings. The Morgan fingerprint density at radius 3 is 1.89 bits per heavy atom. The largest absolute Gasteiger partial charge is 0.344 e. The molecule has 0 aromatic carbocycles. The van der Waals surface area contributed by atoms with Gasteiger partial charge in [0.15, 0.2) is 0 Å². The van der Waals surface area contributed by atoms with Crippen LogP contribution in [0.1, 0.15) is 13.3 Å². The second-order valence-electron chi connectivity index (χ2n) is 1.19. The van der Waals surface area contributed by atoms with Gasteiger partial charge in [-0.1, -0.05) is 6.92 Å². The van der Waals surface area contributed by atoms with Gasteiger partial charge in [0.25, 0.3) is 0 Å². The lowest BCUT2D eigenvalue weighted by molar-refractivity contribution is -1.92. The van der Waals surface area contributed by atoms with Gasteiger partial charge < -0.3 is 6.15 Å². The highest BCUT2D eigenvalue weighted by molar-refractivity contribution is 4.12. The van der Waals surface area contributed by atoms with Crippen molar-refractivity contribution in [2.24, 2.45) is 0 Å². The highest BCUT2D eigenvalue weighted by atomic mass is 35.7. The average molecular weight is 160 g/mol. The molecule has 0 bridgehead atoms. The monoisotopic (exact) mass is 159 g/mol. The number of rotatable bonds is 3. The van der Waals surface area contributed by atoms with Gasteiger partial charge in [-0.3, -0.25) is 0 Å². The first kappa shape index (κ1) is 11.8. The minimum Gasteiger partial charge on any atom is -0.344 e. The van der Waals surface area contributed by atoms with Crippen LogP contribution < -0.4 is 20.1 Å². The molecule has 0 aliphatic heterocycles. The van der Waals surface area contributed by atoms with Gasteiger partial charge in [0, 0.05) is 0 Å². The summed E-state index contributed by atoms with van der Waals surface area (Å²) in [7, 11) is -4.19. The summed E-state index contributed by atoms with van der Waals surface area (Å²) in [6.07, 6.45) is 0.522. The van der Waals surface area contributed by atoms with E-state index in [4.69, 9.17) is 0 Å². The van der Waals surface area contributed by atoms with E-state index in [2.05, 4.69) is 4.29 Å². The maximum Gasteiger partial charge on any atom is 0.203 e. The molecule has 0 heterocycles. The highest BCUT2D eigenvalue weighted by Crippen LogP contribution is 1.88. The van der Waals surface area contributed by atoms with Crippen LogP contribution in [-0.4, -0.2) is 6.61 Å². The van der Waals surface area contributed by atoms with Gasteiger partial charge in [0.2, 0.25) is 6.61 Å². The summed E-state index contributed by atoms with van der Waals surface area (Å²) >= 11 is 0. The van der Waals surface area contributed by atoms with Crippen molar-refractivity contribution in [1.29, 1.82) is 0 Å². The van der Waals surface area contributed by atoms with E-state index in [9.17, 15) is 14.0 Å². The number of hydrogen-bond donors (Lipinski definition) is 1. The Balaban J connectivity index is 0. The third kappa shape index (κ3) is 11.6. The van der Waals surface area contributed by atoms with Crippen molar-refractivity contribution in [3.8, 4) is 0 Å². The topological polar surface area (TPSA) is 113 Å². The fourth-order valence-corrected chi connectivity index (χ4v) is 0.515. The second kappa shape index (κ2) is 4.92. The molecule has 0 radical (unpaired) electrons. The molecule has 0 amide bonds. The highest BCUT2D eigenvalue weighted by Gasteiger charge is 2.14. The molecule has 0 unspecified atom stereocenters. The minimum absolute atomic E-state index is 0. The minimum atomic E-state index is -4.19. The van der Waals surface area contributed by atoms with Gasteiger partial charge in [-0.05, 0) is 6.42 Å². The third-order valence-corrected chi connectivity index (χ3v) is 0.836. The van der Waals surface area contributed by atoms with Crippen molar-refractivity contribution < 1.29 is 28.5 Å². The van der Waals surface area contributed by atoms with Crippen LogP contribution in [0.2, 0.25) is 0 Å². The van der Waals surface area contributed by atoms with Gasteiger partial charge in [-0.15, -0.1) is 0 Å². The molecule has 0 spiro atoms. The summed E-state index contributed by atoms with van der Waals surface area (Å²) in [6.45, 7) is 1.67. The molecule has 6 heteroatoms. The van der Waals surface area contributed by atoms with Crippen LogP contribution in [0, 0.1) is 10.2 Å². The molecule has 3 N–H and O–H groups in total. The number of halogens is 1. The summed E-state index contributed by atoms with van der Waals surface area (Å²) in [5.41, 5.74) is 0. The van der Waals surface area contributed by atoms with Crippen molar-refractivity contribution in [1.82, 2.24) is 6.15 Å². The summed E-state index contributed by atoms with van der Waals surface area (Å²) < 4.78 is 32.5. The van der Waals surface area contributed by atoms with Crippen LogP contribution in [0.4, 0.5) is 0 Å². The van der Waals surface area contributed by atoms with Gasteiger partial charge in [-0.2, -0.15) is 14.0 Å². The molecular formula is C3H10ClNO4. The van der Waals surface area contributed by atoms with Crippen LogP contribution >= 0.6 is 0 Å².